The minimum absolute atomic E-state index is 0.0731. The van der Waals surface area contributed by atoms with Gasteiger partial charge in [-0.3, -0.25) is 0 Å². The summed E-state index contributed by atoms with van der Waals surface area (Å²) >= 11 is 0. The van der Waals surface area contributed by atoms with Crippen molar-refractivity contribution in [1.29, 1.82) is 5.26 Å². The Morgan fingerprint density at radius 1 is 1.41 bits per heavy atom. The molecule has 1 aromatic rings. The van der Waals surface area contributed by atoms with E-state index >= 15 is 0 Å². The highest BCUT2D eigenvalue weighted by Crippen LogP contribution is 2.18. The van der Waals surface area contributed by atoms with Gasteiger partial charge in [-0.15, -0.1) is 0 Å². The van der Waals surface area contributed by atoms with Gasteiger partial charge in [0.25, 0.3) is 0 Å². The summed E-state index contributed by atoms with van der Waals surface area (Å²) in [6, 6.07) is 7.09. The number of halogens is 1. The Labute approximate surface area is 100 Å². The highest BCUT2D eigenvalue weighted by atomic mass is 32.2. The van der Waals surface area contributed by atoms with Crippen LogP contribution in [0.1, 0.15) is 13.3 Å². The third-order valence-electron chi connectivity index (χ3n) is 2.28. The summed E-state index contributed by atoms with van der Waals surface area (Å²) in [5.74, 6) is -0.775. The number of nitriles is 1. The van der Waals surface area contributed by atoms with Crippen LogP contribution in [0.15, 0.2) is 29.2 Å². The average Bonchev–Trinajstić information content (AvgIpc) is 2.30. The third kappa shape index (κ3) is 3.02. The molecule has 0 spiro atoms. The van der Waals surface area contributed by atoms with E-state index in [1.165, 1.54) is 18.2 Å². The summed E-state index contributed by atoms with van der Waals surface area (Å²) in [6.07, 6.45) is 0.0848. The monoisotopic (exact) mass is 256 g/mol. The van der Waals surface area contributed by atoms with E-state index in [9.17, 15) is 12.8 Å². The zero-order valence-electron chi connectivity index (χ0n) is 9.43. The summed E-state index contributed by atoms with van der Waals surface area (Å²) in [6.45, 7) is 1.93. The van der Waals surface area contributed by atoms with Crippen LogP contribution in [-0.2, 0) is 10.0 Å². The van der Waals surface area contributed by atoms with Gasteiger partial charge in [0.05, 0.1) is 6.07 Å². The fraction of sp³-hybridized carbons (Fsp3) is 0.364. The van der Waals surface area contributed by atoms with Gasteiger partial charge in [0.2, 0.25) is 10.0 Å². The molecule has 4 nitrogen and oxygen atoms in total. The van der Waals surface area contributed by atoms with Crippen molar-refractivity contribution in [1.82, 2.24) is 4.31 Å². The molecule has 0 unspecified atom stereocenters. The van der Waals surface area contributed by atoms with Crippen molar-refractivity contribution < 1.29 is 12.8 Å². The molecule has 6 heteroatoms. The molecule has 0 atom stereocenters. The summed E-state index contributed by atoms with van der Waals surface area (Å²) in [4.78, 5) is -0.347. The lowest BCUT2D eigenvalue weighted by molar-refractivity contribution is 0.430. The second-order valence-electron chi connectivity index (χ2n) is 3.34. The molecule has 0 amide bonds. The van der Waals surface area contributed by atoms with E-state index in [0.29, 0.717) is 0 Å². The lowest BCUT2D eigenvalue weighted by Gasteiger charge is -2.19. The molecule has 0 N–H and O–H groups in total. The first-order valence-electron chi connectivity index (χ1n) is 5.15. The minimum Gasteiger partial charge on any atom is -0.207 e. The molecule has 0 aliphatic carbocycles. The number of nitrogens with zero attached hydrogens (tertiary/aromatic N) is 2. The van der Waals surface area contributed by atoms with Crippen LogP contribution >= 0.6 is 0 Å². The SMILES string of the molecule is CCN(CCC#N)S(=O)(=O)c1ccccc1F. The van der Waals surface area contributed by atoms with Gasteiger partial charge in [0, 0.05) is 19.5 Å². The van der Waals surface area contributed by atoms with Gasteiger partial charge < -0.3 is 0 Å². The van der Waals surface area contributed by atoms with E-state index < -0.39 is 15.8 Å². The van der Waals surface area contributed by atoms with Gasteiger partial charge in [0.1, 0.15) is 10.7 Å². The Kier molecular flexibility index (Phi) is 4.61. The van der Waals surface area contributed by atoms with Crippen molar-refractivity contribution >= 4 is 10.0 Å². The fourth-order valence-electron chi connectivity index (χ4n) is 1.42. The second kappa shape index (κ2) is 5.75. The molecule has 92 valence electrons. The maximum atomic E-state index is 13.4. The van der Waals surface area contributed by atoms with Crippen LogP contribution in [0, 0.1) is 17.1 Å². The standard InChI is InChI=1S/C11H13FN2O2S/c1-2-14(9-5-8-13)17(15,16)11-7-4-3-6-10(11)12/h3-4,6-7H,2,5,9H2,1H3. The normalized spacial score (nSPS) is 11.4. The fourth-order valence-corrected chi connectivity index (χ4v) is 2.93. The van der Waals surface area contributed by atoms with Crippen LogP contribution in [0.4, 0.5) is 4.39 Å². The molecule has 0 bridgehead atoms. The van der Waals surface area contributed by atoms with Crippen LogP contribution in [0.3, 0.4) is 0 Å². The van der Waals surface area contributed by atoms with Crippen molar-refractivity contribution in [3.8, 4) is 6.07 Å². The van der Waals surface area contributed by atoms with E-state index in [1.54, 1.807) is 6.92 Å². The first-order chi connectivity index (χ1) is 8.04. The summed E-state index contributed by atoms with van der Waals surface area (Å²) in [7, 11) is -3.85. The van der Waals surface area contributed by atoms with Gasteiger partial charge in [0.15, 0.2) is 0 Å². The highest BCUT2D eigenvalue weighted by molar-refractivity contribution is 7.89. The lowest BCUT2D eigenvalue weighted by atomic mass is 10.3. The predicted molar refractivity (Wildman–Crippen MR) is 61.1 cm³/mol. The Bertz CT molecular complexity index is 523. The zero-order chi connectivity index (χ0) is 12.9. The molecule has 17 heavy (non-hydrogen) atoms. The van der Waals surface area contributed by atoms with E-state index in [2.05, 4.69) is 0 Å². The number of benzene rings is 1. The van der Waals surface area contributed by atoms with Gasteiger partial charge >= 0.3 is 0 Å². The molecular weight excluding hydrogens is 243 g/mol. The van der Waals surface area contributed by atoms with Crippen molar-refractivity contribution in [2.24, 2.45) is 0 Å². The minimum atomic E-state index is -3.85. The topological polar surface area (TPSA) is 61.2 Å². The molecule has 0 saturated carbocycles. The first kappa shape index (κ1) is 13.6. The molecule has 0 fully saturated rings. The van der Waals surface area contributed by atoms with Crippen LogP contribution in [0.2, 0.25) is 0 Å². The Balaban J connectivity index is 3.10. The molecule has 0 saturated heterocycles. The van der Waals surface area contributed by atoms with Gasteiger partial charge in [-0.1, -0.05) is 19.1 Å². The third-order valence-corrected chi connectivity index (χ3v) is 4.29. The maximum absolute atomic E-state index is 13.4. The number of sulfonamides is 1. The molecule has 0 radical (unpaired) electrons. The van der Waals surface area contributed by atoms with Crippen LogP contribution in [-0.4, -0.2) is 25.8 Å². The maximum Gasteiger partial charge on any atom is 0.246 e. The van der Waals surface area contributed by atoms with Crippen molar-refractivity contribution in [3.63, 3.8) is 0 Å². The van der Waals surface area contributed by atoms with Crippen molar-refractivity contribution in [3.05, 3.63) is 30.1 Å². The van der Waals surface area contributed by atoms with Crippen LogP contribution in [0.25, 0.3) is 0 Å². The van der Waals surface area contributed by atoms with E-state index in [0.717, 1.165) is 10.4 Å². The van der Waals surface area contributed by atoms with Crippen molar-refractivity contribution in [2.75, 3.05) is 13.1 Å². The zero-order valence-corrected chi connectivity index (χ0v) is 10.2. The van der Waals surface area contributed by atoms with Gasteiger partial charge in [-0.25, -0.2) is 12.8 Å². The molecule has 0 heterocycles. The first-order valence-corrected chi connectivity index (χ1v) is 6.59. The summed E-state index contributed by atoms with van der Waals surface area (Å²) in [5.41, 5.74) is 0. The Morgan fingerprint density at radius 3 is 2.59 bits per heavy atom. The van der Waals surface area contributed by atoms with Gasteiger partial charge in [-0.05, 0) is 12.1 Å². The van der Waals surface area contributed by atoms with Gasteiger partial charge in [-0.2, -0.15) is 9.57 Å². The summed E-state index contributed by atoms with van der Waals surface area (Å²) in [5, 5.41) is 8.46. The molecule has 1 rings (SSSR count). The molecular formula is C11H13FN2O2S. The van der Waals surface area contributed by atoms with E-state index in [-0.39, 0.29) is 24.4 Å². The molecule has 1 aromatic carbocycles. The van der Waals surface area contributed by atoms with E-state index in [1.807, 2.05) is 6.07 Å². The Hall–Kier alpha value is -1.45. The highest BCUT2D eigenvalue weighted by Gasteiger charge is 2.25. The number of hydrogen-bond acceptors (Lipinski definition) is 3. The number of rotatable bonds is 5. The quantitative estimate of drug-likeness (QED) is 0.806. The lowest BCUT2D eigenvalue weighted by Crippen LogP contribution is -2.32. The van der Waals surface area contributed by atoms with Crippen LogP contribution in [0.5, 0.6) is 0 Å². The molecule has 0 aliphatic heterocycles. The van der Waals surface area contributed by atoms with Crippen molar-refractivity contribution in [2.45, 2.75) is 18.2 Å². The Morgan fingerprint density at radius 2 is 2.06 bits per heavy atom. The number of hydrogen-bond donors (Lipinski definition) is 0. The second-order valence-corrected chi connectivity index (χ2v) is 5.24. The van der Waals surface area contributed by atoms with Crippen LogP contribution < -0.4 is 0 Å². The largest absolute Gasteiger partial charge is 0.246 e. The van der Waals surface area contributed by atoms with E-state index in [4.69, 9.17) is 5.26 Å². The molecule has 0 aliphatic rings. The average molecular weight is 256 g/mol. The summed E-state index contributed by atoms with van der Waals surface area (Å²) < 4.78 is 38.7. The molecule has 0 aromatic heterocycles. The predicted octanol–water partition coefficient (Wildman–Crippen LogP) is 1.75. The smallest absolute Gasteiger partial charge is 0.207 e.